The van der Waals surface area contributed by atoms with Crippen LogP contribution in [-0.4, -0.2) is 48.5 Å². The molecule has 1 unspecified atom stereocenters. The van der Waals surface area contributed by atoms with Gasteiger partial charge in [0.25, 0.3) is 0 Å². The molecular formula is C13H16FNO4S. The Morgan fingerprint density at radius 1 is 1.35 bits per heavy atom. The lowest BCUT2D eigenvalue weighted by molar-refractivity contribution is -0.139. The zero-order valence-corrected chi connectivity index (χ0v) is 11.6. The van der Waals surface area contributed by atoms with Crippen molar-refractivity contribution in [2.45, 2.75) is 19.0 Å². The summed E-state index contributed by atoms with van der Waals surface area (Å²) >= 11 is 0. The summed E-state index contributed by atoms with van der Waals surface area (Å²) in [7, 11) is -3.07. The summed E-state index contributed by atoms with van der Waals surface area (Å²) in [5.74, 6) is -1.28. The Hall–Kier alpha value is -1.47. The van der Waals surface area contributed by atoms with Crippen LogP contribution in [0.5, 0.6) is 0 Å². The largest absolute Gasteiger partial charge is 0.480 e. The van der Waals surface area contributed by atoms with Crippen molar-refractivity contribution in [1.82, 2.24) is 4.90 Å². The lowest BCUT2D eigenvalue weighted by Crippen LogP contribution is -2.39. The molecule has 0 aromatic heterocycles. The van der Waals surface area contributed by atoms with Crippen LogP contribution < -0.4 is 0 Å². The third kappa shape index (κ3) is 4.01. The van der Waals surface area contributed by atoms with Crippen molar-refractivity contribution < 1.29 is 22.7 Å². The van der Waals surface area contributed by atoms with Crippen LogP contribution in [0.4, 0.5) is 4.39 Å². The van der Waals surface area contributed by atoms with Crippen molar-refractivity contribution in [3.8, 4) is 0 Å². The van der Waals surface area contributed by atoms with Gasteiger partial charge in [-0.15, -0.1) is 0 Å². The summed E-state index contributed by atoms with van der Waals surface area (Å²) < 4.78 is 35.9. The first-order valence-electron chi connectivity index (χ1n) is 6.26. The van der Waals surface area contributed by atoms with Crippen LogP contribution in [0.2, 0.25) is 0 Å². The van der Waals surface area contributed by atoms with Crippen LogP contribution in [0, 0.1) is 5.82 Å². The number of sulfone groups is 1. The van der Waals surface area contributed by atoms with Crippen molar-refractivity contribution in [1.29, 1.82) is 0 Å². The molecule has 1 aliphatic rings. The number of carboxylic acids is 1. The monoisotopic (exact) mass is 301 g/mol. The van der Waals surface area contributed by atoms with Crippen LogP contribution in [-0.2, 0) is 21.2 Å². The quantitative estimate of drug-likeness (QED) is 0.874. The van der Waals surface area contributed by atoms with Gasteiger partial charge in [0.1, 0.15) is 5.82 Å². The second-order valence-electron chi connectivity index (χ2n) is 4.98. The number of hydrogen-bond donors (Lipinski definition) is 1. The van der Waals surface area contributed by atoms with Crippen LogP contribution in [0.3, 0.4) is 0 Å². The molecule has 0 saturated carbocycles. The average molecular weight is 301 g/mol. The first-order chi connectivity index (χ1) is 9.35. The maximum Gasteiger partial charge on any atom is 0.317 e. The van der Waals surface area contributed by atoms with E-state index in [1.54, 1.807) is 17.0 Å². The lowest BCUT2D eigenvalue weighted by atomic mass is 10.1. The second kappa shape index (κ2) is 5.88. The molecule has 20 heavy (non-hydrogen) atoms. The Labute approximate surface area is 116 Å². The summed E-state index contributed by atoms with van der Waals surface area (Å²) in [5, 5.41) is 8.95. The van der Waals surface area contributed by atoms with E-state index in [4.69, 9.17) is 5.11 Å². The van der Waals surface area contributed by atoms with E-state index in [9.17, 15) is 17.6 Å². The van der Waals surface area contributed by atoms with E-state index in [-0.39, 0.29) is 29.9 Å². The average Bonchev–Trinajstić information content (AvgIpc) is 2.71. The zero-order valence-electron chi connectivity index (χ0n) is 10.8. The van der Waals surface area contributed by atoms with E-state index in [1.807, 2.05) is 0 Å². The van der Waals surface area contributed by atoms with Gasteiger partial charge in [-0.1, -0.05) is 12.1 Å². The fourth-order valence-electron chi connectivity index (χ4n) is 2.38. The summed E-state index contributed by atoms with van der Waals surface area (Å²) in [6.45, 7) is 0.0737. The second-order valence-corrected chi connectivity index (χ2v) is 7.21. The number of hydrogen-bond acceptors (Lipinski definition) is 4. The number of nitrogens with zero attached hydrogens (tertiary/aromatic N) is 1. The molecule has 0 spiro atoms. The van der Waals surface area contributed by atoms with Gasteiger partial charge >= 0.3 is 5.97 Å². The first kappa shape index (κ1) is 14.9. The van der Waals surface area contributed by atoms with E-state index in [2.05, 4.69) is 0 Å². The number of carbonyl (C=O) groups is 1. The van der Waals surface area contributed by atoms with Gasteiger partial charge in [0.15, 0.2) is 9.84 Å². The van der Waals surface area contributed by atoms with E-state index in [1.165, 1.54) is 12.1 Å². The minimum atomic E-state index is -3.07. The molecule has 1 N–H and O–H groups in total. The van der Waals surface area contributed by atoms with Crippen LogP contribution in [0.15, 0.2) is 24.3 Å². The minimum absolute atomic E-state index is 0.0124. The van der Waals surface area contributed by atoms with Gasteiger partial charge in [-0.05, 0) is 24.1 Å². The number of halogens is 1. The maximum atomic E-state index is 12.8. The van der Waals surface area contributed by atoms with E-state index in [0.29, 0.717) is 13.0 Å². The number of aliphatic carboxylic acids is 1. The molecule has 7 heteroatoms. The topological polar surface area (TPSA) is 74.7 Å². The van der Waals surface area contributed by atoms with Crippen molar-refractivity contribution >= 4 is 15.8 Å². The molecule has 0 amide bonds. The molecular weight excluding hydrogens is 285 g/mol. The summed E-state index contributed by atoms with van der Waals surface area (Å²) in [6, 6.07) is 5.47. The molecule has 5 nitrogen and oxygen atoms in total. The standard InChI is InChI=1S/C13H16FNO4S/c14-11-3-1-10(2-4-11)7-15(8-13(16)17)12-5-6-20(18,19)9-12/h1-4,12H,5-9H2,(H,16,17). The predicted octanol–water partition coefficient (Wildman–Crippen LogP) is 0.899. The lowest BCUT2D eigenvalue weighted by Gasteiger charge is -2.26. The van der Waals surface area contributed by atoms with Crippen LogP contribution >= 0.6 is 0 Å². The van der Waals surface area contributed by atoms with Gasteiger partial charge in [-0.3, -0.25) is 9.69 Å². The van der Waals surface area contributed by atoms with Gasteiger partial charge in [-0.25, -0.2) is 12.8 Å². The van der Waals surface area contributed by atoms with Crippen molar-refractivity contribution in [3.05, 3.63) is 35.6 Å². The first-order valence-corrected chi connectivity index (χ1v) is 8.08. The highest BCUT2D eigenvalue weighted by Crippen LogP contribution is 2.20. The van der Waals surface area contributed by atoms with Gasteiger partial charge < -0.3 is 5.11 Å². The number of benzene rings is 1. The van der Waals surface area contributed by atoms with Gasteiger partial charge in [0, 0.05) is 12.6 Å². The maximum absolute atomic E-state index is 12.8. The number of rotatable bonds is 5. The molecule has 1 heterocycles. The molecule has 1 aromatic rings. The fourth-order valence-corrected chi connectivity index (χ4v) is 4.14. The molecule has 1 aliphatic heterocycles. The van der Waals surface area contributed by atoms with Gasteiger partial charge in [0.2, 0.25) is 0 Å². The molecule has 0 bridgehead atoms. The van der Waals surface area contributed by atoms with Gasteiger partial charge in [0.05, 0.1) is 18.1 Å². The van der Waals surface area contributed by atoms with Crippen LogP contribution in [0.25, 0.3) is 0 Å². The smallest absolute Gasteiger partial charge is 0.317 e. The molecule has 1 fully saturated rings. The molecule has 110 valence electrons. The summed E-state index contributed by atoms with van der Waals surface area (Å²) in [5.41, 5.74) is 0.761. The normalized spacial score (nSPS) is 21.2. The molecule has 0 radical (unpaired) electrons. The summed E-state index contributed by atoms with van der Waals surface area (Å²) in [4.78, 5) is 12.5. The zero-order chi connectivity index (χ0) is 14.8. The van der Waals surface area contributed by atoms with Crippen molar-refractivity contribution in [2.24, 2.45) is 0 Å². The highest BCUT2D eigenvalue weighted by molar-refractivity contribution is 7.91. The third-order valence-corrected chi connectivity index (χ3v) is 5.11. The Morgan fingerprint density at radius 3 is 2.50 bits per heavy atom. The highest BCUT2D eigenvalue weighted by atomic mass is 32.2. The van der Waals surface area contributed by atoms with Crippen LogP contribution in [0.1, 0.15) is 12.0 Å². The van der Waals surface area contributed by atoms with Gasteiger partial charge in [-0.2, -0.15) is 0 Å². The Morgan fingerprint density at radius 2 is 2.00 bits per heavy atom. The Kier molecular flexibility index (Phi) is 4.39. The SMILES string of the molecule is O=C(O)CN(Cc1ccc(F)cc1)C1CCS(=O)(=O)C1. The van der Waals surface area contributed by atoms with Crippen molar-refractivity contribution in [2.75, 3.05) is 18.1 Å². The Balaban J connectivity index is 2.11. The van der Waals surface area contributed by atoms with E-state index in [0.717, 1.165) is 5.56 Å². The van der Waals surface area contributed by atoms with Crippen molar-refractivity contribution in [3.63, 3.8) is 0 Å². The molecule has 1 saturated heterocycles. The van der Waals surface area contributed by atoms with E-state index < -0.39 is 15.8 Å². The molecule has 2 rings (SSSR count). The molecule has 1 aromatic carbocycles. The number of carboxylic acid groups (broad SMARTS) is 1. The Bertz CT molecular complexity index is 585. The molecule has 0 aliphatic carbocycles. The third-order valence-electron chi connectivity index (χ3n) is 3.36. The molecule has 1 atom stereocenters. The minimum Gasteiger partial charge on any atom is -0.480 e. The van der Waals surface area contributed by atoms with E-state index >= 15 is 0 Å². The fraction of sp³-hybridized carbons (Fsp3) is 0.462. The highest BCUT2D eigenvalue weighted by Gasteiger charge is 2.33. The summed E-state index contributed by atoms with van der Waals surface area (Å²) in [6.07, 6.45) is 0.441. The predicted molar refractivity (Wildman–Crippen MR) is 71.5 cm³/mol.